The summed E-state index contributed by atoms with van der Waals surface area (Å²) in [6.07, 6.45) is 0.377. The van der Waals surface area contributed by atoms with E-state index < -0.39 is 12.0 Å². The Bertz CT molecular complexity index is 713. The van der Waals surface area contributed by atoms with Crippen molar-refractivity contribution in [3.63, 3.8) is 0 Å². The predicted octanol–water partition coefficient (Wildman–Crippen LogP) is 1.31. The van der Waals surface area contributed by atoms with Crippen molar-refractivity contribution >= 4 is 34.0 Å². The van der Waals surface area contributed by atoms with Crippen LogP contribution in [0.4, 0.5) is 10.8 Å². The summed E-state index contributed by atoms with van der Waals surface area (Å²) < 4.78 is 0. The number of carboxylic acid groups (broad SMARTS) is 1. The molecule has 1 aromatic carbocycles. The van der Waals surface area contributed by atoms with Crippen LogP contribution in [0.5, 0.6) is 0 Å². The number of nitrogen functional groups attached to an aromatic ring is 1. The van der Waals surface area contributed by atoms with Crippen molar-refractivity contribution in [2.75, 3.05) is 10.6 Å². The van der Waals surface area contributed by atoms with Gasteiger partial charge in [-0.15, -0.1) is 11.3 Å². The summed E-state index contributed by atoms with van der Waals surface area (Å²) in [6.45, 7) is 0. The van der Waals surface area contributed by atoms with Crippen molar-refractivity contribution in [2.45, 2.75) is 18.9 Å². The van der Waals surface area contributed by atoms with Crippen molar-refractivity contribution in [3.8, 4) is 0 Å². The topological polar surface area (TPSA) is 96.5 Å². The fourth-order valence-corrected chi connectivity index (χ4v) is 3.10. The van der Waals surface area contributed by atoms with Gasteiger partial charge in [0.15, 0.2) is 5.13 Å². The molecule has 1 aromatic heterocycles. The van der Waals surface area contributed by atoms with Gasteiger partial charge in [-0.1, -0.05) is 18.2 Å². The Morgan fingerprint density at radius 3 is 2.86 bits per heavy atom. The molecule has 0 saturated carbocycles. The highest BCUT2D eigenvalue weighted by molar-refractivity contribution is 7.13. The minimum atomic E-state index is -1.00. The summed E-state index contributed by atoms with van der Waals surface area (Å²) in [5.41, 5.74) is 7.65. The Morgan fingerprint density at radius 2 is 2.19 bits per heavy atom. The first-order chi connectivity index (χ1) is 10.1. The molecular formula is C14H13N3O3S. The number of carbonyl (C=O) groups is 2. The Kier molecular flexibility index (Phi) is 3.34. The maximum atomic E-state index is 12.5. The molecule has 3 N–H and O–H groups in total. The third-order valence-electron chi connectivity index (χ3n) is 3.43. The van der Waals surface area contributed by atoms with E-state index in [0.29, 0.717) is 22.9 Å². The number of rotatable bonds is 3. The maximum Gasteiger partial charge on any atom is 0.327 e. The minimum absolute atomic E-state index is 0.0474. The smallest absolute Gasteiger partial charge is 0.327 e. The largest absolute Gasteiger partial charge is 0.480 e. The molecule has 0 aliphatic carbocycles. The average molecular weight is 303 g/mol. The quantitative estimate of drug-likeness (QED) is 0.891. The zero-order chi connectivity index (χ0) is 15.0. The second-order valence-corrected chi connectivity index (χ2v) is 5.69. The monoisotopic (exact) mass is 303 g/mol. The van der Waals surface area contributed by atoms with Gasteiger partial charge in [-0.05, 0) is 11.6 Å². The second kappa shape index (κ2) is 5.17. The zero-order valence-corrected chi connectivity index (χ0v) is 11.8. The van der Waals surface area contributed by atoms with Crippen molar-refractivity contribution in [1.29, 1.82) is 0 Å². The highest BCUT2D eigenvalue weighted by atomic mass is 32.1. The number of hydrogen-bond donors (Lipinski definition) is 2. The first-order valence-corrected chi connectivity index (χ1v) is 7.27. The Labute approximate surface area is 124 Å². The number of aliphatic carboxylic acids is 1. The number of aromatic nitrogens is 1. The fraction of sp³-hybridized carbons (Fsp3) is 0.214. The van der Waals surface area contributed by atoms with E-state index in [1.807, 2.05) is 12.1 Å². The van der Waals surface area contributed by atoms with Gasteiger partial charge < -0.3 is 10.8 Å². The standard InChI is InChI=1S/C14H13N3O3S/c15-14-16-9(7-21-14)6-12(18)17-10-4-2-1-3-8(10)5-11(17)13(19)20/h1-4,7,11H,5-6H2,(H2,15,16)(H,19,20)/t11-/m0/s1. The molecular weight excluding hydrogens is 290 g/mol. The molecule has 21 heavy (non-hydrogen) atoms. The zero-order valence-electron chi connectivity index (χ0n) is 11.0. The van der Waals surface area contributed by atoms with E-state index in [2.05, 4.69) is 4.98 Å². The van der Waals surface area contributed by atoms with Crippen LogP contribution in [0, 0.1) is 0 Å². The number of carbonyl (C=O) groups excluding carboxylic acids is 1. The summed E-state index contributed by atoms with van der Waals surface area (Å²) >= 11 is 1.26. The van der Waals surface area contributed by atoms with Crippen LogP contribution in [-0.2, 0) is 22.4 Å². The molecule has 0 unspecified atom stereocenters. The third kappa shape index (κ3) is 2.47. The van der Waals surface area contributed by atoms with E-state index in [1.54, 1.807) is 17.5 Å². The van der Waals surface area contributed by atoms with Crippen molar-refractivity contribution < 1.29 is 14.7 Å². The van der Waals surface area contributed by atoms with E-state index in [4.69, 9.17) is 5.73 Å². The molecule has 0 radical (unpaired) electrons. The molecule has 1 aliphatic heterocycles. The maximum absolute atomic E-state index is 12.5. The van der Waals surface area contributed by atoms with E-state index in [-0.39, 0.29) is 12.3 Å². The van der Waals surface area contributed by atoms with Gasteiger partial charge in [0.25, 0.3) is 0 Å². The van der Waals surface area contributed by atoms with Gasteiger partial charge in [0.1, 0.15) is 6.04 Å². The predicted molar refractivity (Wildman–Crippen MR) is 79.3 cm³/mol. The first kappa shape index (κ1) is 13.6. The van der Waals surface area contributed by atoms with E-state index in [1.165, 1.54) is 16.2 Å². The highest BCUT2D eigenvalue weighted by Gasteiger charge is 2.38. The lowest BCUT2D eigenvalue weighted by atomic mass is 10.1. The van der Waals surface area contributed by atoms with Crippen molar-refractivity contribution in [2.24, 2.45) is 0 Å². The van der Waals surface area contributed by atoms with Crippen LogP contribution in [0.1, 0.15) is 11.3 Å². The average Bonchev–Trinajstić information content (AvgIpc) is 3.02. The van der Waals surface area contributed by atoms with Gasteiger partial charge in [0, 0.05) is 17.5 Å². The summed E-state index contributed by atoms with van der Waals surface area (Å²) in [5.74, 6) is -1.28. The molecule has 2 aromatic rings. The van der Waals surface area contributed by atoms with Crippen molar-refractivity contribution in [1.82, 2.24) is 4.98 Å². The molecule has 1 amide bonds. The van der Waals surface area contributed by atoms with Crippen LogP contribution in [0.15, 0.2) is 29.6 Å². The minimum Gasteiger partial charge on any atom is -0.480 e. The van der Waals surface area contributed by atoms with Crippen LogP contribution >= 0.6 is 11.3 Å². The number of fused-ring (bicyclic) bond motifs is 1. The molecule has 0 fully saturated rings. The number of carboxylic acids is 1. The van der Waals surface area contributed by atoms with Gasteiger partial charge >= 0.3 is 5.97 Å². The molecule has 1 atom stereocenters. The molecule has 0 saturated heterocycles. The summed E-state index contributed by atoms with van der Waals surface area (Å²) in [6, 6.07) is 6.40. The summed E-state index contributed by atoms with van der Waals surface area (Å²) in [7, 11) is 0. The molecule has 108 valence electrons. The number of benzene rings is 1. The number of hydrogen-bond acceptors (Lipinski definition) is 5. The Morgan fingerprint density at radius 1 is 1.43 bits per heavy atom. The third-order valence-corrected chi connectivity index (χ3v) is 4.15. The van der Waals surface area contributed by atoms with Crippen molar-refractivity contribution in [3.05, 3.63) is 40.9 Å². The number of anilines is 2. The van der Waals surface area contributed by atoms with E-state index >= 15 is 0 Å². The van der Waals surface area contributed by atoms with Crippen LogP contribution in [0.3, 0.4) is 0 Å². The van der Waals surface area contributed by atoms with E-state index in [9.17, 15) is 14.7 Å². The molecule has 0 bridgehead atoms. The lowest BCUT2D eigenvalue weighted by molar-refractivity contribution is -0.139. The lowest BCUT2D eigenvalue weighted by Gasteiger charge is -2.22. The summed E-state index contributed by atoms with van der Waals surface area (Å²) in [4.78, 5) is 29.3. The number of para-hydroxylation sites is 1. The van der Waals surface area contributed by atoms with Crippen LogP contribution < -0.4 is 10.6 Å². The molecule has 6 nitrogen and oxygen atoms in total. The SMILES string of the molecule is Nc1nc(CC(=O)N2c3ccccc3C[C@H]2C(=O)O)cs1. The summed E-state index contributed by atoms with van der Waals surface area (Å²) in [5, 5.41) is 11.5. The number of amides is 1. The first-order valence-electron chi connectivity index (χ1n) is 6.39. The van der Waals surface area contributed by atoms with Gasteiger partial charge in [-0.25, -0.2) is 9.78 Å². The number of nitrogens with two attached hydrogens (primary N) is 1. The van der Waals surface area contributed by atoms with Gasteiger partial charge in [0.05, 0.1) is 12.1 Å². The van der Waals surface area contributed by atoms with Gasteiger partial charge in [0.2, 0.25) is 5.91 Å². The highest BCUT2D eigenvalue weighted by Crippen LogP contribution is 2.32. The molecule has 1 aliphatic rings. The van der Waals surface area contributed by atoms with E-state index in [0.717, 1.165) is 5.56 Å². The molecule has 3 rings (SSSR count). The van der Waals surface area contributed by atoms with Gasteiger partial charge in [-0.2, -0.15) is 0 Å². The lowest BCUT2D eigenvalue weighted by Crippen LogP contribution is -2.43. The second-order valence-electron chi connectivity index (χ2n) is 4.80. The normalized spacial score (nSPS) is 16.8. The number of thiazole rings is 1. The van der Waals surface area contributed by atoms with Crippen LogP contribution in [0.2, 0.25) is 0 Å². The molecule has 0 spiro atoms. The Hall–Kier alpha value is -2.41. The number of nitrogens with zero attached hydrogens (tertiary/aromatic N) is 2. The van der Waals surface area contributed by atoms with Crippen LogP contribution in [-0.4, -0.2) is 28.0 Å². The molecule has 7 heteroatoms. The molecule has 2 heterocycles. The van der Waals surface area contributed by atoms with Gasteiger partial charge in [-0.3, -0.25) is 9.69 Å². The fourth-order valence-electron chi connectivity index (χ4n) is 2.54. The van der Waals surface area contributed by atoms with Crippen LogP contribution in [0.25, 0.3) is 0 Å². The Balaban J connectivity index is 1.90.